The number of hydrogen-bond acceptors (Lipinski definition) is 7. The normalized spacial score (nSPS) is 14.6. The lowest BCUT2D eigenvalue weighted by atomic mass is 10.0. The Balaban J connectivity index is 1.99. The highest BCUT2D eigenvalue weighted by Crippen LogP contribution is 2.43. The van der Waals surface area contributed by atoms with Crippen molar-refractivity contribution in [1.29, 1.82) is 5.26 Å². The molecule has 176 valence electrons. The van der Waals surface area contributed by atoms with E-state index in [2.05, 4.69) is 16.2 Å². The number of primary amides is 1. The molecule has 1 saturated heterocycles. The van der Waals surface area contributed by atoms with Gasteiger partial charge < -0.3 is 21.7 Å². The summed E-state index contributed by atoms with van der Waals surface area (Å²) in [7, 11) is 0. The molecular weight excluding hydrogens is 450 g/mol. The number of aromatic nitrogens is 1. The van der Waals surface area contributed by atoms with Crippen LogP contribution in [0.2, 0.25) is 0 Å². The summed E-state index contributed by atoms with van der Waals surface area (Å²) >= 11 is 1.13. The zero-order valence-electron chi connectivity index (χ0n) is 19.0. The van der Waals surface area contributed by atoms with Crippen LogP contribution in [0.5, 0.6) is 0 Å². The molecule has 1 fully saturated rings. The molecule has 2 aromatic rings. The summed E-state index contributed by atoms with van der Waals surface area (Å²) < 4.78 is 0. The number of nitrogens with zero attached hydrogens (tertiary/aromatic N) is 4. The first kappa shape index (κ1) is 25.0. The Kier molecular flexibility index (Phi) is 8.47. The molecular formula is C24H27N7O2S. The van der Waals surface area contributed by atoms with Gasteiger partial charge in [-0.2, -0.15) is 5.26 Å². The number of piperidine rings is 1. The number of carbonyl (C=O) groups is 2. The van der Waals surface area contributed by atoms with Gasteiger partial charge in [-0.25, -0.2) is 9.83 Å². The van der Waals surface area contributed by atoms with Crippen LogP contribution in [0.4, 0.5) is 11.5 Å². The van der Waals surface area contributed by atoms with Gasteiger partial charge in [-0.15, -0.1) is 0 Å². The van der Waals surface area contributed by atoms with Crippen molar-refractivity contribution in [2.24, 2.45) is 11.5 Å². The summed E-state index contributed by atoms with van der Waals surface area (Å²) in [5.41, 5.74) is 13.1. The van der Waals surface area contributed by atoms with E-state index in [1.54, 1.807) is 0 Å². The quantitative estimate of drug-likeness (QED) is 0.391. The minimum Gasteiger partial charge on any atom is -0.368 e. The van der Waals surface area contributed by atoms with Crippen LogP contribution in [0.1, 0.15) is 41.7 Å². The van der Waals surface area contributed by atoms with Crippen LogP contribution in [0.25, 0.3) is 4.85 Å². The van der Waals surface area contributed by atoms with Crippen molar-refractivity contribution in [3.05, 3.63) is 58.4 Å². The molecule has 2 heterocycles. The van der Waals surface area contributed by atoms with Gasteiger partial charge >= 0.3 is 0 Å². The summed E-state index contributed by atoms with van der Waals surface area (Å²) in [5.74, 6) is -0.234. The summed E-state index contributed by atoms with van der Waals surface area (Å²) in [4.78, 5) is 34.4. The lowest BCUT2D eigenvalue weighted by Gasteiger charge is -2.34. The molecule has 1 unspecified atom stereocenters. The number of nitrogens with one attached hydrogen (secondary N) is 1. The Hall–Kier alpha value is -3.60. The second-order valence-corrected chi connectivity index (χ2v) is 8.96. The fourth-order valence-electron chi connectivity index (χ4n) is 4.02. The maximum absolute atomic E-state index is 12.3. The van der Waals surface area contributed by atoms with Crippen LogP contribution in [0.15, 0.2) is 35.4 Å². The van der Waals surface area contributed by atoms with Gasteiger partial charge in [0.2, 0.25) is 17.5 Å². The molecule has 1 aromatic heterocycles. The third-order valence-corrected chi connectivity index (χ3v) is 6.99. The van der Waals surface area contributed by atoms with Gasteiger partial charge in [0.25, 0.3) is 0 Å². The standard InChI is InChI=1S/C24H27N7O2S/c1-3-17-18(13-25)24(34-21(22(27)33)15-7-5-4-6-8-15)30-23(20(17)28-2)31-11-9-16(10-12-31)29-19(32)14-26/h4-8,16,21H,3,9-12,14,26H2,1H3,(H2,27,33)(H,29,32). The maximum atomic E-state index is 12.3. The number of nitrogens with two attached hydrogens (primary N) is 2. The summed E-state index contributed by atoms with van der Waals surface area (Å²) in [6.45, 7) is 10.8. The van der Waals surface area contributed by atoms with Gasteiger partial charge in [0.05, 0.1) is 18.7 Å². The zero-order valence-corrected chi connectivity index (χ0v) is 19.8. The van der Waals surface area contributed by atoms with E-state index in [-0.39, 0.29) is 18.5 Å². The second kappa shape index (κ2) is 11.5. The molecule has 5 N–H and O–H groups in total. The predicted octanol–water partition coefficient (Wildman–Crippen LogP) is 2.43. The number of thioether (sulfide) groups is 1. The monoisotopic (exact) mass is 477 g/mol. The molecule has 0 bridgehead atoms. The van der Waals surface area contributed by atoms with Gasteiger partial charge in [0.1, 0.15) is 22.2 Å². The van der Waals surface area contributed by atoms with Gasteiger partial charge in [0.15, 0.2) is 0 Å². The van der Waals surface area contributed by atoms with Gasteiger partial charge in [-0.05, 0) is 30.4 Å². The average molecular weight is 478 g/mol. The van der Waals surface area contributed by atoms with Crippen molar-refractivity contribution in [1.82, 2.24) is 10.3 Å². The van der Waals surface area contributed by atoms with E-state index in [0.717, 1.165) is 17.3 Å². The van der Waals surface area contributed by atoms with Crippen molar-refractivity contribution in [2.75, 3.05) is 24.5 Å². The van der Waals surface area contributed by atoms with Gasteiger partial charge in [-0.3, -0.25) is 9.59 Å². The number of pyridine rings is 1. The van der Waals surface area contributed by atoms with E-state index in [4.69, 9.17) is 23.0 Å². The highest BCUT2D eigenvalue weighted by atomic mass is 32.2. The minimum atomic E-state index is -0.727. The highest BCUT2D eigenvalue weighted by Gasteiger charge is 2.29. The molecule has 1 atom stereocenters. The lowest BCUT2D eigenvalue weighted by Crippen LogP contribution is -2.46. The smallest absolute Gasteiger partial charge is 0.235 e. The largest absolute Gasteiger partial charge is 0.368 e. The van der Waals surface area contributed by atoms with E-state index in [0.29, 0.717) is 60.0 Å². The molecule has 1 aliphatic heterocycles. The number of anilines is 1. The Bertz CT molecular complexity index is 1130. The summed E-state index contributed by atoms with van der Waals surface area (Å²) in [5, 5.41) is 12.5. The first-order valence-electron chi connectivity index (χ1n) is 11.0. The fourth-order valence-corrected chi connectivity index (χ4v) is 5.08. The Labute approximate surface area is 203 Å². The molecule has 9 nitrogen and oxygen atoms in total. The van der Waals surface area contributed by atoms with E-state index in [9.17, 15) is 14.9 Å². The maximum Gasteiger partial charge on any atom is 0.235 e. The van der Waals surface area contributed by atoms with E-state index >= 15 is 0 Å². The third-order valence-electron chi connectivity index (χ3n) is 5.73. The lowest BCUT2D eigenvalue weighted by molar-refractivity contribution is -0.120. The highest BCUT2D eigenvalue weighted by molar-refractivity contribution is 8.00. The van der Waals surface area contributed by atoms with Crippen molar-refractivity contribution in [2.45, 2.75) is 42.5 Å². The van der Waals surface area contributed by atoms with Crippen molar-refractivity contribution in [3.63, 3.8) is 0 Å². The molecule has 2 amide bonds. The Morgan fingerprint density at radius 2 is 2.03 bits per heavy atom. The van der Waals surface area contributed by atoms with E-state index < -0.39 is 11.2 Å². The fraction of sp³-hybridized carbons (Fsp3) is 0.375. The average Bonchev–Trinajstić information content (AvgIpc) is 2.86. The van der Waals surface area contributed by atoms with Crippen LogP contribution >= 0.6 is 11.8 Å². The number of benzene rings is 1. The number of nitriles is 1. The van der Waals surface area contributed by atoms with Crippen LogP contribution in [-0.2, 0) is 16.0 Å². The molecule has 3 rings (SSSR count). The topological polar surface area (TPSA) is 142 Å². The molecule has 10 heteroatoms. The number of carbonyl (C=O) groups excluding carboxylic acids is 2. The number of rotatable bonds is 8. The van der Waals surface area contributed by atoms with Crippen LogP contribution in [-0.4, -0.2) is 42.5 Å². The van der Waals surface area contributed by atoms with E-state index in [1.807, 2.05) is 42.2 Å². The van der Waals surface area contributed by atoms with E-state index in [1.165, 1.54) is 0 Å². The third kappa shape index (κ3) is 5.48. The zero-order chi connectivity index (χ0) is 24.7. The minimum absolute atomic E-state index is 0.0129. The molecule has 1 aromatic carbocycles. The molecule has 0 aliphatic carbocycles. The summed E-state index contributed by atoms with van der Waals surface area (Å²) in [6, 6.07) is 11.3. The molecule has 34 heavy (non-hydrogen) atoms. The molecule has 0 radical (unpaired) electrons. The predicted molar refractivity (Wildman–Crippen MR) is 131 cm³/mol. The Morgan fingerprint density at radius 1 is 1.35 bits per heavy atom. The Morgan fingerprint density at radius 3 is 2.56 bits per heavy atom. The SMILES string of the molecule is [C-]#[N+]c1c(N2CCC(NC(=O)CN)CC2)nc(SC(C(N)=O)c2ccccc2)c(C#N)c1CC. The van der Waals surface area contributed by atoms with Crippen LogP contribution in [0.3, 0.4) is 0 Å². The van der Waals surface area contributed by atoms with Crippen LogP contribution in [0, 0.1) is 17.9 Å². The second-order valence-electron chi connectivity index (χ2n) is 7.86. The van der Waals surface area contributed by atoms with Crippen molar-refractivity contribution < 1.29 is 9.59 Å². The van der Waals surface area contributed by atoms with Crippen LogP contribution < -0.4 is 21.7 Å². The van der Waals surface area contributed by atoms with Gasteiger partial charge in [-0.1, -0.05) is 49.0 Å². The molecule has 0 spiro atoms. The van der Waals surface area contributed by atoms with Gasteiger partial charge in [0, 0.05) is 19.1 Å². The molecule has 1 aliphatic rings. The van der Waals surface area contributed by atoms with Crippen molar-refractivity contribution in [3.8, 4) is 6.07 Å². The molecule has 0 saturated carbocycles. The summed E-state index contributed by atoms with van der Waals surface area (Å²) in [6.07, 6.45) is 1.84. The first-order valence-corrected chi connectivity index (χ1v) is 11.9. The first-order chi connectivity index (χ1) is 16.4. The van der Waals surface area contributed by atoms with Crippen molar-refractivity contribution >= 4 is 35.1 Å². The number of hydrogen-bond donors (Lipinski definition) is 3. The number of amides is 2.